The molecule has 0 bridgehead atoms. The standard InChI is InChI=1S/C15H26N4/c1-2-19-15(16-12-17-19)11-18-8-7-14(10-18)9-13-5-3-4-6-13/h12-14H,2-11H2,1H3/t14-/m1/s1. The van der Waals surface area contributed by atoms with Crippen LogP contribution in [-0.4, -0.2) is 32.8 Å². The lowest BCUT2D eigenvalue weighted by molar-refractivity contribution is 0.288. The van der Waals surface area contributed by atoms with E-state index in [4.69, 9.17) is 0 Å². The number of hydrogen-bond acceptors (Lipinski definition) is 3. The maximum Gasteiger partial charge on any atom is 0.140 e. The van der Waals surface area contributed by atoms with Gasteiger partial charge in [-0.05, 0) is 38.1 Å². The Morgan fingerprint density at radius 2 is 2.05 bits per heavy atom. The smallest absolute Gasteiger partial charge is 0.140 e. The van der Waals surface area contributed by atoms with Gasteiger partial charge in [-0.1, -0.05) is 25.7 Å². The van der Waals surface area contributed by atoms with Crippen molar-refractivity contribution >= 4 is 0 Å². The van der Waals surface area contributed by atoms with Gasteiger partial charge in [0.1, 0.15) is 12.2 Å². The molecule has 1 aromatic rings. The molecule has 2 aliphatic rings. The van der Waals surface area contributed by atoms with Gasteiger partial charge in [0.05, 0.1) is 6.54 Å². The first kappa shape index (κ1) is 13.1. The van der Waals surface area contributed by atoms with E-state index in [0.29, 0.717) is 0 Å². The molecule has 0 spiro atoms. The highest BCUT2D eigenvalue weighted by Gasteiger charge is 2.27. The van der Waals surface area contributed by atoms with Crippen molar-refractivity contribution in [3.63, 3.8) is 0 Å². The normalized spacial score (nSPS) is 25.4. The third-order valence-electron chi connectivity index (χ3n) is 4.87. The van der Waals surface area contributed by atoms with E-state index in [1.54, 1.807) is 6.33 Å². The number of aryl methyl sites for hydroxylation is 1. The lowest BCUT2D eigenvalue weighted by Crippen LogP contribution is -2.23. The van der Waals surface area contributed by atoms with Gasteiger partial charge in [-0.15, -0.1) is 0 Å². The van der Waals surface area contributed by atoms with Gasteiger partial charge in [-0.2, -0.15) is 5.10 Å². The van der Waals surface area contributed by atoms with Gasteiger partial charge in [0.2, 0.25) is 0 Å². The zero-order valence-corrected chi connectivity index (χ0v) is 12.1. The molecule has 1 aliphatic heterocycles. The van der Waals surface area contributed by atoms with Gasteiger partial charge in [0, 0.05) is 13.1 Å². The summed E-state index contributed by atoms with van der Waals surface area (Å²) in [6, 6.07) is 0. The summed E-state index contributed by atoms with van der Waals surface area (Å²) in [5, 5.41) is 4.26. The first-order chi connectivity index (χ1) is 9.35. The number of hydrogen-bond donors (Lipinski definition) is 0. The quantitative estimate of drug-likeness (QED) is 0.818. The van der Waals surface area contributed by atoms with E-state index in [1.807, 2.05) is 4.68 Å². The van der Waals surface area contributed by atoms with Crippen LogP contribution in [0, 0.1) is 11.8 Å². The van der Waals surface area contributed by atoms with Crippen molar-refractivity contribution in [3.05, 3.63) is 12.2 Å². The fourth-order valence-electron chi connectivity index (χ4n) is 3.84. The molecular weight excluding hydrogens is 236 g/mol. The van der Waals surface area contributed by atoms with Crippen LogP contribution in [0.3, 0.4) is 0 Å². The molecule has 106 valence electrons. The first-order valence-electron chi connectivity index (χ1n) is 7.94. The maximum atomic E-state index is 4.39. The van der Waals surface area contributed by atoms with E-state index in [2.05, 4.69) is 21.9 Å². The van der Waals surface area contributed by atoms with Crippen LogP contribution in [0.25, 0.3) is 0 Å². The first-order valence-corrected chi connectivity index (χ1v) is 7.94. The second-order valence-corrected chi connectivity index (χ2v) is 6.27. The molecule has 0 amide bonds. The molecular formula is C15H26N4. The molecule has 0 N–H and O–H groups in total. The fourth-order valence-corrected chi connectivity index (χ4v) is 3.84. The van der Waals surface area contributed by atoms with Gasteiger partial charge >= 0.3 is 0 Å². The Balaban J connectivity index is 1.48. The number of aromatic nitrogens is 3. The molecule has 4 heteroatoms. The molecule has 1 saturated carbocycles. The minimum atomic E-state index is 0.925. The molecule has 4 nitrogen and oxygen atoms in total. The van der Waals surface area contributed by atoms with E-state index in [0.717, 1.165) is 30.7 Å². The summed E-state index contributed by atoms with van der Waals surface area (Å²) in [4.78, 5) is 6.95. The molecule has 0 radical (unpaired) electrons. The van der Waals surface area contributed by atoms with Gasteiger partial charge in [-0.25, -0.2) is 9.67 Å². The van der Waals surface area contributed by atoms with E-state index < -0.39 is 0 Å². The summed E-state index contributed by atoms with van der Waals surface area (Å²) in [5.74, 6) is 3.09. The molecule has 19 heavy (non-hydrogen) atoms. The van der Waals surface area contributed by atoms with Crippen molar-refractivity contribution in [3.8, 4) is 0 Å². The zero-order chi connectivity index (χ0) is 13.1. The third kappa shape index (κ3) is 3.16. The van der Waals surface area contributed by atoms with Crippen molar-refractivity contribution < 1.29 is 0 Å². The van der Waals surface area contributed by atoms with Crippen LogP contribution in [-0.2, 0) is 13.1 Å². The predicted molar refractivity (Wildman–Crippen MR) is 75.7 cm³/mol. The molecule has 2 heterocycles. The molecule has 0 aromatic carbocycles. The summed E-state index contributed by atoms with van der Waals surface area (Å²) in [5.41, 5.74) is 0. The molecule has 3 rings (SSSR count). The molecule has 1 aromatic heterocycles. The molecule has 1 saturated heterocycles. The van der Waals surface area contributed by atoms with Crippen molar-refractivity contribution in [1.29, 1.82) is 0 Å². The van der Waals surface area contributed by atoms with Gasteiger partial charge in [-0.3, -0.25) is 4.90 Å². The minimum absolute atomic E-state index is 0.925. The maximum absolute atomic E-state index is 4.39. The van der Waals surface area contributed by atoms with Crippen LogP contribution in [0.1, 0.15) is 51.3 Å². The van der Waals surface area contributed by atoms with Crippen molar-refractivity contribution in [1.82, 2.24) is 19.7 Å². The van der Waals surface area contributed by atoms with Crippen LogP contribution in [0.2, 0.25) is 0 Å². The van der Waals surface area contributed by atoms with Crippen LogP contribution in [0.5, 0.6) is 0 Å². The number of rotatable bonds is 5. The third-order valence-corrected chi connectivity index (χ3v) is 4.87. The lowest BCUT2D eigenvalue weighted by Gasteiger charge is -2.17. The average Bonchev–Trinajstić information content (AvgIpc) is 3.13. The SMILES string of the molecule is CCn1ncnc1CN1CC[C@H](CC2CCCC2)C1. The summed E-state index contributed by atoms with van der Waals surface area (Å²) in [6.45, 7) is 6.55. The van der Waals surface area contributed by atoms with Crippen LogP contribution in [0.4, 0.5) is 0 Å². The van der Waals surface area contributed by atoms with E-state index in [1.165, 1.54) is 51.6 Å². The largest absolute Gasteiger partial charge is 0.296 e. The second-order valence-electron chi connectivity index (χ2n) is 6.27. The van der Waals surface area contributed by atoms with Crippen LogP contribution in [0.15, 0.2) is 6.33 Å². The van der Waals surface area contributed by atoms with Crippen molar-refractivity contribution in [2.45, 2.75) is 58.5 Å². The summed E-state index contributed by atoms with van der Waals surface area (Å²) < 4.78 is 2.02. The highest BCUT2D eigenvalue weighted by atomic mass is 15.3. The summed E-state index contributed by atoms with van der Waals surface area (Å²) in [6.07, 6.45) is 10.5. The summed E-state index contributed by atoms with van der Waals surface area (Å²) >= 11 is 0. The zero-order valence-electron chi connectivity index (χ0n) is 12.1. The molecule has 2 fully saturated rings. The highest BCUT2D eigenvalue weighted by Crippen LogP contribution is 2.33. The Hall–Kier alpha value is -0.900. The highest BCUT2D eigenvalue weighted by molar-refractivity contribution is 4.88. The Bertz CT molecular complexity index is 395. The molecule has 0 unspecified atom stereocenters. The van der Waals surface area contributed by atoms with Crippen molar-refractivity contribution in [2.24, 2.45) is 11.8 Å². The van der Waals surface area contributed by atoms with E-state index in [9.17, 15) is 0 Å². The number of likely N-dealkylation sites (tertiary alicyclic amines) is 1. The fraction of sp³-hybridized carbons (Fsp3) is 0.867. The van der Waals surface area contributed by atoms with Gasteiger partial charge in [0.25, 0.3) is 0 Å². The number of nitrogens with zero attached hydrogens (tertiary/aromatic N) is 4. The van der Waals surface area contributed by atoms with Crippen LogP contribution < -0.4 is 0 Å². The minimum Gasteiger partial charge on any atom is -0.296 e. The van der Waals surface area contributed by atoms with Crippen molar-refractivity contribution in [2.75, 3.05) is 13.1 Å². The van der Waals surface area contributed by atoms with Gasteiger partial charge < -0.3 is 0 Å². The molecule has 1 aliphatic carbocycles. The monoisotopic (exact) mass is 262 g/mol. The van der Waals surface area contributed by atoms with E-state index in [-0.39, 0.29) is 0 Å². The Kier molecular flexibility index (Phi) is 4.16. The Morgan fingerprint density at radius 3 is 2.84 bits per heavy atom. The van der Waals surface area contributed by atoms with Gasteiger partial charge in [0.15, 0.2) is 0 Å². The average molecular weight is 262 g/mol. The second kappa shape index (κ2) is 6.04. The van der Waals surface area contributed by atoms with Crippen LogP contribution >= 0.6 is 0 Å². The predicted octanol–water partition coefficient (Wildman–Crippen LogP) is 2.70. The lowest BCUT2D eigenvalue weighted by atomic mass is 9.93. The van der Waals surface area contributed by atoms with E-state index >= 15 is 0 Å². The Morgan fingerprint density at radius 1 is 1.21 bits per heavy atom. The topological polar surface area (TPSA) is 34.0 Å². The Labute approximate surface area is 116 Å². The summed E-state index contributed by atoms with van der Waals surface area (Å²) in [7, 11) is 0. The molecule has 1 atom stereocenters.